The van der Waals surface area contributed by atoms with Gasteiger partial charge in [0.05, 0.1) is 22.2 Å². The second kappa shape index (κ2) is 8.15. The maximum Gasteiger partial charge on any atom is 0.257 e. The summed E-state index contributed by atoms with van der Waals surface area (Å²) in [7, 11) is 0. The van der Waals surface area contributed by atoms with E-state index in [1.165, 1.54) is 5.57 Å². The van der Waals surface area contributed by atoms with Gasteiger partial charge in [-0.2, -0.15) is 5.26 Å². The first-order valence-corrected chi connectivity index (χ1v) is 9.48. The number of nitrogens with one attached hydrogen (secondary N) is 1. The third-order valence-electron chi connectivity index (χ3n) is 5.10. The first-order valence-electron chi connectivity index (χ1n) is 9.48. The van der Waals surface area contributed by atoms with Crippen LogP contribution in [-0.4, -0.2) is 39.5 Å². The fraction of sp³-hybridized carbons (Fsp3) is 0.273. The predicted molar refractivity (Wildman–Crippen MR) is 109 cm³/mol. The lowest BCUT2D eigenvalue weighted by Crippen LogP contribution is -2.30. The minimum absolute atomic E-state index is 0.0685. The van der Waals surface area contributed by atoms with E-state index in [9.17, 15) is 4.79 Å². The lowest BCUT2D eigenvalue weighted by Gasteiger charge is -2.26. The Morgan fingerprint density at radius 2 is 2.18 bits per heavy atom. The first-order chi connectivity index (χ1) is 13.7. The zero-order valence-electron chi connectivity index (χ0n) is 15.6. The number of nitriles is 1. The van der Waals surface area contributed by atoms with Crippen LogP contribution in [-0.2, 0) is 6.42 Å². The van der Waals surface area contributed by atoms with Crippen LogP contribution in [0.2, 0.25) is 0 Å². The molecule has 0 saturated heterocycles. The molecule has 0 atom stereocenters. The molecule has 3 aromatic rings. The number of nitrogens with zero attached hydrogens (tertiary/aromatic N) is 4. The van der Waals surface area contributed by atoms with Crippen molar-refractivity contribution in [1.29, 1.82) is 5.26 Å². The van der Waals surface area contributed by atoms with Crippen LogP contribution < -0.4 is 5.56 Å². The molecule has 0 aromatic carbocycles. The fourth-order valence-corrected chi connectivity index (χ4v) is 3.56. The van der Waals surface area contributed by atoms with E-state index in [1.54, 1.807) is 24.5 Å². The van der Waals surface area contributed by atoms with Gasteiger partial charge in [-0.1, -0.05) is 6.08 Å². The quantitative estimate of drug-likeness (QED) is 0.745. The summed E-state index contributed by atoms with van der Waals surface area (Å²) in [5, 5.41) is 9.51. The molecule has 6 nitrogen and oxygen atoms in total. The normalized spacial score (nSPS) is 14.6. The van der Waals surface area contributed by atoms with Gasteiger partial charge < -0.3 is 4.98 Å². The van der Waals surface area contributed by atoms with E-state index >= 15 is 0 Å². The van der Waals surface area contributed by atoms with E-state index in [-0.39, 0.29) is 5.56 Å². The number of pyridine rings is 3. The molecule has 0 aliphatic carbocycles. The van der Waals surface area contributed by atoms with Gasteiger partial charge >= 0.3 is 0 Å². The highest BCUT2D eigenvalue weighted by molar-refractivity contribution is 5.77. The average molecular weight is 371 g/mol. The minimum Gasteiger partial charge on any atom is -0.326 e. The molecule has 0 bridgehead atoms. The molecule has 140 valence electrons. The highest BCUT2D eigenvalue weighted by Gasteiger charge is 2.13. The summed E-state index contributed by atoms with van der Waals surface area (Å²) in [5.41, 5.74) is 4.41. The van der Waals surface area contributed by atoms with Crippen LogP contribution in [0, 0.1) is 11.3 Å². The summed E-state index contributed by atoms with van der Waals surface area (Å²) in [6, 6.07) is 11.4. The van der Waals surface area contributed by atoms with E-state index in [2.05, 4.69) is 32.0 Å². The van der Waals surface area contributed by atoms with Crippen LogP contribution in [0.4, 0.5) is 0 Å². The maximum atomic E-state index is 12.1. The van der Waals surface area contributed by atoms with Gasteiger partial charge in [-0.05, 0) is 61.7 Å². The Labute approximate surface area is 163 Å². The lowest BCUT2D eigenvalue weighted by atomic mass is 10.0. The molecule has 28 heavy (non-hydrogen) atoms. The zero-order chi connectivity index (χ0) is 19.3. The molecule has 0 fully saturated rings. The molecule has 4 heterocycles. The molecule has 0 unspecified atom stereocenters. The summed E-state index contributed by atoms with van der Waals surface area (Å²) in [4.78, 5) is 26.2. The highest BCUT2D eigenvalue weighted by Crippen LogP contribution is 2.21. The zero-order valence-corrected chi connectivity index (χ0v) is 15.6. The van der Waals surface area contributed by atoms with Crippen molar-refractivity contribution < 1.29 is 0 Å². The monoisotopic (exact) mass is 371 g/mol. The highest BCUT2D eigenvalue weighted by atomic mass is 16.1. The van der Waals surface area contributed by atoms with E-state index < -0.39 is 0 Å². The van der Waals surface area contributed by atoms with Crippen LogP contribution >= 0.6 is 0 Å². The minimum atomic E-state index is -0.0685. The number of hydrogen-bond donors (Lipinski definition) is 1. The molecule has 0 saturated carbocycles. The van der Waals surface area contributed by atoms with Gasteiger partial charge in [-0.25, -0.2) is 0 Å². The number of hydrogen-bond acceptors (Lipinski definition) is 5. The van der Waals surface area contributed by atoms with Crippen molar-refractivity contribution in [2.45, 2.75) is 19.3 Å². The summed E-state index contributed by atoms with van der Waals surface area (Å²) in [5.74, 6) is 0. The standard InChI is InChI=1S/C22H21N5O/c23-14-16-5-6-20(25-15-16)17-7-11-27(12-8-17)10-2-3-18-13-21-19(22(28)26-18)4-1-9-24-21/h1,4-7,9,13,15H,2-3,8,10-12H2,(H,26,28). The van der Waals surface area contributed by atoms with Gasteiger partial charge in [-0.15, -0.1) is 0 Å². The van der Waals surface area contributed by atoms with E-state index in [0.29, 0.717) is 10.9 Å². The Balaban J connectivity index is 1.32. The molecule has 6 heteroatoms. The molecule has 3 aromatic heterocycles. The number of aromatic amines is 1. The second-order valence-corrected chi connectivity index (χ2v) is 6.99. The third kappa shape index (κ3) is 4.00. The van der Waals surface area contributed by atoms with Gasteiger partial charge in [0.25, 0.3) is 5.56 Å². The SMILES string of the molecule is N#Cc1ccc(C2=CCN(CCCc3cc4ncccc4c(=O)[nH]3)CC2)nc1. The number of fused-ring (bicyclic) bond motifs is 1. The maximum absolute atomic E-state index is 12.1. The topological polar surface area (TPSA) is 85.7 Å². The second-order valence-electron chi connectivity index (χ2n) is 6.99. The van der Waals surface area contributed by atoms with Crippen molar-refractivity contribution >= 4 is 16.5 Å². The van der Waals surface area contributed by atoms with Crippen LogP contribution in [0.15, 0.2) is 53.6 Å². The van der Waals surface area contributed by atoms with Crippen LogP contribution in [0.1, 0.15) is 29.8 Å². The van der Waals surface area contributed by atoms with Crippen molar-refractivity contribution in [3.8, 4) is 6.07 Å². The van der Waals surface area contributed by atoms with Gasteiger partial charge in [0.15, 0.2) is 0 Å². The van der Waals surface area contributed by atoms with Crippen molar-refractivity contribution in [2.24, 2.45) is 0 Å². The number of rotatable bonds is 5. The van der Waals surface area contributed by atoms with Gasteiger partial charge in [0.2, 0.25) is 0 Å². The average Bonchev–Trinajstić information content (AvgIpc) is 2.74. The molecular weight excluding hydrogens is 350 g/mol. The Hall–Kier alpha value is -3.30. The predicted octanol–water partition coefficient (Wildman–Crippen LogP) is 2.91. The van der Waals surface area contributed by atoms with Crippen molar-refractivity contribution in [2.75, 3.05) is 19.6 Å². The molecular formula is C22H21N5O. The number of aryl methyl sites for hydroxylation is 1. The lowest BCUT2D eigenvalue weighted by molar-refractivity contribution is 0.297. The fourth-order valence-electron chi connectivity index (χ4n) is 3.56. The van der Waals surface area contributed by atoms with Crippen molar-refractivity contribution in [3.63, 3.8) is 0 Å². The summed E-state index contributed by atoms with van der Waals surface area (Å²) in [6.45, 7) is 2.86. The van der Waals surface area contributed by atoms with E-state index in [1.807, 2.05) is 18.2 Å². The third-order valence-corrected chi connectivity index (χ3v) is 5.10. The molecule has 1 aliphatic heterocycles. The Morgan fingerprint density at radius 1 is 1.25 bits per heavy atom. The molecule has 0 amide bonds. The summed E-state index contributed by atoms with van der Waals surface area (Å²) < 4.78 is 0. The van der Waals surface area contributed by atoms with Crippen LogP contribution in [0.25, 0.3) is 16.5 Å². The Bertz CT molecular complexity index is 1110. The van der Waals surface area contributed by atoms with E-state index in [4.69, 9.17) is 5.26 Å². The molecule has 0 spiro atoms. The van der Waals surface area contributed by atoms with Crippen LogP contribution in [0.3, 0.4) is 0 Å². The molecule has 4 rings (SSSR count). The smallest absolute Gasteiger partial charge is 0.257 e. The van der Waals surface area contributed by atoms with Gasteiger partial charge in [0, 0.05) is 31.2 Å². The van der Waals surface area contributed by atoms with Gasteiger partial charge in [-0.3, -0.25) is 19.7 Å². The van der Waals surface area contributed by atoms with Gasteiger partial charge in [0.1, 0.15) is 6.07 Å². The first kappa shape index (κ1) is 18.1. The Morgan fingerprint density at radius 3 is 2.93 bits per heavy atom. The summed E-state index contributed by atoms with van der Waals surface area (Å²) in [6.07, 6.45) is 8.32. The number of H-pyrrole nitrogens is 1. The molecule has 1 aliphatic rings. The molecule has 1 N–H and O–H groups in total. The van der Waals surface area contributed by atoms with Crippen LogP contribution in [0.5, 0.6) is 0 Å². The number of aromatic nitrogens is 3. The van der Waals surface area contributed by atoms with Crippen molar-refractivity contribution in [1.82, 2.24) is 19.9 Å². The van der Waals surface area contributed by atoms with Crippen molar-refractivity contribution in [3.05, 3.63) is 76.1 Å². The Kier molecular flexibility index (Phi) is 5.27. The summed E-state index contributed by atoms with van der Waals surface area (Å²) >= 11 is 0. The molecule has 0 radical (unpaired) electrons. The largest absolute Gasteiger partial charge is 0.326 e. The van der Waals surface area contributed by atoms with E-state index in [0.717, 1.165) is 55.8 Å².